The number of hydrogen-bond donors (Lipinski definition) is 5. The van der Waals surface area contributed by atoms with E-state index in [1.807, 2.05) is 0 Å². The number of rotatable bonds is 4. The minimum absolute atomic E-state index is 0.161. The Morgan fingerprint density at radius 2 is 2.00 bits per heavy atom. The van der Waals surface area contributed by atoms with Crippen LogP contribution in [0.2, 0.25) is 0 Å². The Balaban J connectivity index is 2.63. The van der Waals surface area contributed by atoms with Crippen LogP contribution in [0.3, 0.4) is 0 Å². The van der Waals surface area contributed by atoms with Gasteiger partial charge >= 0.3 is 0 Å². The van der Waals surface area contributed by atoms with Gasteiger partial charge in [-0.25, -0.2) is 0 Å². The Labute approximate surface area is 99.6 Å². The molecule has 1 saturated carbocycles. The molecule has 0 amide bonds. The van der Waals surface area contributed by atoms with Gasteiger partial charge in [-0.1, -0.05) is 0 Å². The van der Waals surface area contributed by atoms with Gasteiger partial charge in [0.1, 0.15) is 6.10 Å². The summed E-state index contributed by atoms with van der Waals surface area (Å²) in [5.41, 5.74) is 0. The van der Waals surface area contributed by atoms with E-state index in [4.69, 9.17) is 5.11 Å². The van der Waals surface area contributed by atoms with Crippen molar-refractivity contribution in [3.8, 4) is 0 Å². The Morgan fingerprint density at radius 3 is 2.53 bits per heavy atom. The Bertz CT molecular complexity index is 294. The van der Waals surface area contributed by atoms with E-state index >= 15 is 0 Å². The highest BCUT2D eigenvalue weighted by molar-refractivity contribution is 5.87. The van der Waals surface area contributed by atoms with E-state index in [9.17, 15) is 20.1 Å². The molecule has 1 fully saturated rings. The van der Waals surface area contributed by atoms with E-state index in [2.05, 4.69) is 5.32 Å². The van der Waals surface area contributed by atoms with Crippen molar-refractivity contribution in [2.75, 3.05) is 6.61 Å². The topological polar surface area (TPSA) is 110 Å². The zero-order valence-corrected chi connectivity index (χ0v) is 9.65. The molecular formula is C11H19NO5. The predicted molar refractivity (Wildman–Crippen MR) is 60.0 cm³/mol. The van der Waals surface area contributed by atoms with Crippen LogP contribution in [0.25, 0.3) is 0 Å². The van der Waals surface area contributed by atoms with Gasteiger partial charge in [0.15, 0.2) is 5.78 Å². The maximum atomic E-state index is 10.7. The molecule has 5 atom stereocenters. The lowest BCUT2D eigenvalue weighted by Gasteiger charge is -2.40. The maximum absolute atomic E-state index is 10.7. The summed E-state index contributed by atoms with van der Waals surface area (Å²) in [6, 6.07) is -0.747. The van der Waals surface area contributed by atoms with Crippen LogP contribution in [-0.4, -0.2) is 57.2 Å². The molecule has 0 radical (unpaired) electrons. The predicted octanol–water partition coefficient (Wildman–Crippen LogP) is -1.86. The smallest absolute Gasteiger partial charge is 0.154 e. The van der Waals surface area contributed by atoms with Gasteiger partial charge in [0, 0.05) is 18.7 Å². The van der Waals surface area contributed by atoms with Gasteiger partial charge in [0.2, 0.25) is 0 Å². The summed E-state index contributed by atoms with van der Waals surface area (Å²) in [7, 11) is 0. The van der Waals surface area contributed by atoms with E-state index in [1.165, 1.54) is 19.2 Å². The van der Waals surface area contributed by atoms with Gasteiger partial charge in [0.05, 0.1) is 18.2 Å². The summed E-state index contributed by atoms with van der Waals surface area (Å²) in [5, 5.41) is 40.9. The zero-order valence-electron chi connectivity index (χ0n) is 9.65. The second kappa shape index (κ2) is 6.11. The monoisotopic (exact) mass is 245 g/mol. The van der Waals surface area contributed by atoms with Crippen LogP contribution >= 0.6 is 0 Å². The molecule has 98 valence electrons. The molecule has 0 bridgehead atoms. The summed E-state index contributed by atoms with van der Waals surface area (Å²) in [4.78, 5) is 10.7. The molecule has 0 saturated heterocycles. The van der Waals surface area contributed by atoms with E-state index in [0.717, 1.165) is 0 Å². The largest absolute Gasteiger partial charge is 0.396 e. The summed E-state index contributed by atoms with van der Waals surface area (Å²) in [6.45, 7) is 1.09. The summed E-state index contributed by atoms with van der Waals surface area (Å²) >= 11 is 0. The molecule has 0 aromatic carbocycles. The quantitative estimate of drug-likeness (QED) is 0.372. The highest BCUT2D eigenvalue weighted by atomic mass is 16.3. The molecule has 1 aliphatic carbocycles. The molecule has 6 heteroatoms. The van der Waals surface area contributed by atoms with Crippen molar-refractivity contribution in [2.24, 2.45) is 5.92 Å². The number of nitrogens with one attached hydrogen (secondary N) is 1. The van der Waals surface area contributed by atoms with E-state index in [0.29, 0.717) is 0 Å². The second-order valence-corrected chi connectivity index (χ2v) is 4.36. The van der Waals surface area contributed by atoms with Crippen LogP contribution in [0.5, 0.6) is 0 Å². The molecule has 0 aromatic rings. The molecule has 1 rings (SSSR count). The van der Waals surface area contributed by atoms with Gasteiger partial charge in [-0.05, 0) is 19.4 Å². The zero-order chi connectivity index (χ0) is 13.0. The number of ketones is 1. The highest BCUT2D eigenvalue weighted by Gasteiger charge is 2.41. The first-order valence-electron chi connectivity index (χ1n) is 5.55. The van der Waals surface area contributed by atoms with E-state index < -0.39 is 30.3 Å². The highest BCUT2D eigenvalue weighted by Crippen LogP contribution is 2.25. The normalized spacial score (nSPS) is 38.3. The number of carbonyl (C=O) groups excluding carboxylic acids is 1. The van der Waals surface area contributed by atoms with Crippen molar-refractivity contribution in [1.29, 1.82) is 0 Å². The third-order valence-corrected chi connectivity index (χ3v) is 3.00. The van der Waals surface area contributed by atoms with Crippen molar-refractivity contribution >= 4 is 5.78 Å². The van der Waals surface area contributed by atoms with Crippen LogP contribution in [-0.2, 0) is 4.79 Å². The van der Waals surface area contributed by atoms with Crippen LogP contribution < -0.4 is 5.32 Å². The Hall–Kier alpha value is -0.950. The molecule has 0 spiro atoms. The fourth-order valence-corrected chi connectivity index (χ4v) is 1.98. The van der Waals surface area contributed by atoms with Crippen molar-refractivity contribution in [2.45, 2.75) is 37.7 Å². The lowest BCUT2D eigenvalue weighted by atomic mass is 9.80. The van der Waals surface area contributed by atoms with E-state index in [1.54, 1.807) is 0 Å². The average Bonchev–Trinajstić information content (AvgIpc) is 2.27. The number of aliphatic hydroxyl groups is 4. The lowest BCUT2D eigenvalue weighted by Crippen LogP contribution is -2.59. The first-order valence-corrected chi connectivity index (χ1v) is 5.55. The second-order valence-electron chi connectivity index (χ2n) is 4.36. The van der Waals surface area contributed by atoms with Crippen molar-refractivity contribution in [3.05, 3.63) is 12.3 Å². The van der Waals surface area contributed by atoms with E-state index in [-0.39, 0.29) is 18.8 Å². The maximum Gasteiger partial charge on any atom is 0.154 e. The number of hydrogen-bond acceptors (Lipinski definition) is 6. The van der Waals surface area contributed by atoms with Gasteiger partial charge < -0.3 is 25.7 Å². The fraction of sp³-hybridized carbons (Fsp3) is 0.727. The van der Waals surface area contributed by atoms with Gasteiger partial charge in [-0.2, -0.15) is 0 Å². The molecule has 5 N–H and O–H groups in total. The van der Waals surface area contributed by atoms with Crippen LogP contribution in [0, 0.1) is 5.92 Å². The Morgan fingerprint density at radius 1 is 1.35 bits per heavy atom. The molecule has 17 heavy (non-hydrogen) atoms. The number of allylic oxidation sites excluding steroid dienone is 1. The molecule has 0 heterocycles. The van der Waals surface area contributed by atoms with Crippen molar-refractivity contribution < 1.29 is 25.2 Å². The van der Waals surface area contributed by atoms with Crippen LogP contribution in [0.4, 0.5) is 0 Å². The Kier molecular flexibility index (Phi) is 5.07. The van der Waals surface area contributed by atoms with Crippen LogP contribution in [0.1, 0.15) is 13.3 Å². The van der Waals surface area contributed by atoms with Crippen LogP contribution in [0.15, 0.2) is 12.3 Å². The molecular weight excluding hydrogens is 226 g/mol. The SMILES string of the molecule is CC(=O)/C=C\N[C@H]1C(O)C[C@H](CO)[C@H](O)[C@@H]1O. The first kappa shape index (κ1) is 14.1. The minimum atomic E-state index is -1.19. The molecule has 0 aliphatic heterocycles. The standard InChI is InChI=1S/C11H19NO5/c1-6(14)2-3-12-9-8(15)4-7(5-13)10(16)11(9)17/h2-3,7-13,15-17H,4-5H2,1H3/b3-2-/t7-,8?,9+,10+,11-/m1/s1. The van der Waals surface area contributed by atoms with Gasteiger partial charge in [0.25, 0.3) is 0 Å². The average molecular weight is 245 g/mol. The third-order valence-electron chi connectivity index (χ3n) is 3.00. The van der Waals surface area contributed by atoms with Gasteiger partial charge in [-0.3, -0.25) is 4.79 Å². The minimum Gasteiger partial charge on any atom is -0.396 e. The first-order chi connectivity index (χ1) is 7.97. The molecule has 1 aliphatic rings. The van der Waals surface area contributed by atoms with Gasteiger partial charge in [-0.15, -0.1) is 0 Å². The lowest BCUT2D eigenvalue weighted by molar-refractivity contribution is -0.113. The summed E-state index contributed by atoms with van der Waals surface area (Å²) in [6.07, 6.45) is -0.364. The molecule has 0 aromatic heterocycles. The number of aliphatic hydroxyl groups excluding tert-OH is 4. The molecule has 6 nitrogen and oxygen atoms in total. The molecule has 1 unspecified atom stereocenters. The fourth-order valence-electron chi connectivity index (χ4n) is 1.98. The van der Waals surface area contributed by atoms with Crippen molar-refractivity contribution in [1.82, 2.24) is 5.32 Å². The summed E-state index contributed by atoms with van der Waals surface area (Å²) < 4.78 is 0. The van der Waals surface area contributed by atoms with Crippen molar-refractivity contribution in [3.63, 3.8) is 0 Å². The summed E-state index contributed by atoms with van der Waals surface area (Å²) in [5.74, 6) is -0.694. The number of carbonyl (C=O) groups is 1. The third kappa shape index (κ3) is 3.50.